The van der Waals surface area contributed by atoms with Gasteiger partial charge >= 0.3 is 0 Å². The van der Waals surface area contributed by atoms with Crippen LogP contribution < -0.4 is 16.0 Å². The fourth-order valence-electron chi connectivity index (χ4n) is 7.95. The zero-order valence-electron chi connectivity index (χ0n) is 26.4. The third kappa shape index (κ3) is 5.75. The summed E-state index contributed by atoms with van der Waals surface area (Å²) in [5, 5.41) is 34.4. The molecule has 2 aliphatic carbocycles. The number of carbonyl (C=O) groups excluding carboxylic acids is 3. The fourth-order valence-corrected chi connectivity index (χ4v) is 7.95. The second-order valence-corrected chi connectivity index (χ2v) is 12.7. The van der Waals surface area contributed by atoms with E-state index in [1.54, 1.807) is 19.0 Å². The number of hydrogen-bond acceptors (Lipinski definition) is 8. The van der Waals surface area contributed by atoms with Crippen LogP contribution in [-0.4, -0.2) is 82.5 Å². The number of aromatic nitrogens is 4. The smallest absolute Gasteiger partial charge is 0.251 e. The average Bonchev–Trinajstić information content (AvgIpc) is 3.89. The Balaban J connectivity index is 1.49. The van der Waals surface area contributed by atoms with Gasteiger partial charge in [0, 0.05) is 37.8 Å². The van der Waals surface area contributed by atoms with Gasteiger partial charge in [-0.15, -0.1) is 5.10 Å². The topological polar surface area (TPSA) is 169 Å². The predicted molar refractivity (Wildman–Crippen MR) is 170 cm³/mol. The lowest BCUT2D eigenvalue weighted by molar-refractivity contribution is -0.130. The molecule has 3 aliphatic rings. The standard InChI is InChI=1S/C34H41N9O3/c1-36-31(45)24-11-13-27-22(16-24)9-10-23-17-25(32(46)37-2)12-14-28(23)34(27,33-39-41-42-40-33)18-29(21-6-3-4-7-21)38-20-30(44)43-15-5-8-26(43)19-35/h11-14,16-17,21,26,29,38H,3-10,15,18,20H2,1-2H3,(H,36,45)(H,37,46)(H,39,40,41,42)/t26-,29+/m0/s1. The van der Waals surface area contributed by atoms with E-state index in [-0.39, 0.29) is 36.3 Å². The van der Waals surface area contributed by atoms with Crippen molar-refractivity contribution in [2.75, 3.05) is 27.2 Å². The summed E-state index contributed by atoms with van der Waals surface area (Å²) in [7, 11) is 3.24. The number of benzene rings is 2. The Hall–Kier alpha value is -4.63. The fraction of sp³-hybridized carbons (Fsp3) is 0.500. The highest BCUT2D eigenvalue weighted by atomic mass is 16.2. The van der Waals surface area contributed by atoms with E-state index >= 15 is 0 Å². The number of tetrazole rings is 1. The van der Waals surface area contributed by atoms with E-state index in [4.69, 9.17) is 0 Å². The molecule has 1 saturated heterocycles. The first kappa shape index (κ1) is 31.4. The molecule has 2 fully saturated rings. The summed E-state index contributed by atoms with van der Waals surface area (Å²) in [6, 6.07) is 13.4. The first-order valence-electron chi connectivity index (χ1n) is 16.3. The molecule has 240 valence electrons. The van der Waals surface area contributed by atoms with Crippen LogP contribution in [0.1, 0.15) is 93.7 Å². The first-order valence-corrected chi connectivity index (χ1v) is 16.3. The van der Waals surface area contributed by atoms with Gasteiger partial charge in [0.2, 0.25) is 5.91 Å². The van der Waals surface area contributed by atoms with Crippen molar-refractivity contribution in [2.45, 2.75) is 75.3 Å². The number of H-pyrrole nitrogens is 1. The van der Waals surface area contributed by atoms with Crippen LogP contribution in [0, 0.1) is 17.2 Å². The number of nitriles is 1. The molecule has 2 heterocycles. The first-order chi connectivity index (χ1) is 22.4. The highest BCUT2D eigenvalue weighted by molar-refractivity contribution is 5.95. The maximum Gasteiger partial charge on any atom is 0.251 e. The van der Waals surface area contributed by atoms with Crippen molar-refractivity contribution in [1.29, 1.82) is 5.26 Å². The Morgan fingerprint density at radius 1 is 0.978 bits per heavy atom. The van der Waals surface area contributed by atoms with Gasteiger partial charge in [-0.1, -0.05) is 25.0 Å². The number of hydrogen-bond donors (Lipinski definition) is 4. The number of likely N-dealkylation sites (tertiary alicyclic amines) is 1. The third-order valence-corrected chi connectivity index (χ3v) is 10.3. The average molecular weight is 624 g/mol. The summed E-state index contributed by atoms with van der Waals surface area (Å²) >= 11 is 0. The summed E-state index contributed by atoms with van der Waals surface area (Å²) in [6.45, 7) is 0.734. The van der Waals surface area contributed by atoms with E-state index in [0.717, 1.165) is 54.4 Å². The van der Waals surface area contributed by atoms with Crippen LogP contribution in [0.15, 0.2) is 36.4 Å². The SMILES string of the molecule is CNC(=O)c1ccc2c(c1)CCc1cc(C(=O)NC)ccc1C2(C[C@@H](NCC(=O)N1CCC[C@H]1C#N)C1CCCC1)c1nnn[nH]1. The van der Waals surface area contributed by atoms with Gasteiger partial charge in [0.1, 0.15) is 6.04 Å². The van der Waals surface area contributed by atoms with Crippen LogP contribution in [0.2, 0.25) is 0 Å². The van der Waals surface area contributed by atoms with E-state index < -0.39 is 5.41 Å². The molecule has 1 aromatic heterocycles. The molecule has 1 aliphatic heterocycles. The van der Waals surface area contributed by atoms with Crippen molar-refractivity contribution < 1.29 is 14.4 Å². The monoisotopic (exact) mass is 623 g/mol. The normalized spacial score (nSPS) is 19.4. The summed E-state index contributed by atoms with van der Waals surface area (Å²) < 4.78 is 0. The van der Waals surface area contributed by atoms with Crippen molar-refractivity contribution in [1.82, 2.24) is 41.5 Å². The number of nitrogens with one attached hydrogen (secondary N) is 4. The van der Waals surface area contributed by atoms with Crippen LogP contribution in [0.5, 0.6) is 0 Å². The van der Waals surface area contributed by atoms with Crippen molar-refractivity contribution in [3.05, 3.63) is 75.6 Å². The zero-order valence-corrected chi connectivity index (χ0v) is 26.4. The molecule has 0 radical (unpaired) electrons. The third-order valence-electron chi connectivity index (χ3n) is 10.3. The minimum Gasteiger partial charge on any atom is -0.355 e. The number of fused-ring (bicyclic) bond motifs is 2. The number of carbonyl (C=O) groups is 3. The molecule has 0 unspecified atom stereocenters. The van der Waals surface area contributed by atoms with Gasteiger partial charge in [0.05, 0.1) is 18.0 Å². The maximum absolute atomic E-state index is 13.4. The summed E-state index contributed by atoms with van der Waals surface area (Å²) in [5.74, 6) is 0.489. The van der Waals surface area contributed by atoms with Crippen LogP contribution >= 0.6 is 0 Å². The second-order valence-electron chi connectivity index (χ2n) is 12.7. The maximum atomic E-state index is 13.4. The molecule has 4 N–H and O–H groups in total. The molecule has 0 spiro atoms. The zero-order chi connectivity index (χ0) is 32.3. The summed E-state index contributed by atoms with van der Waals surface area (Å²) in [5.41, 5.74) is 4.25. The number of amides is 3. The van der Waals surface area contributed by atoms with Gasteiger partial charge in [-0.2, -0.15) is 5.26 Å². The second kappa shape index (κ2) is 13.4. The Morgan fingerprint density at radius 2 is 1.61 bits per heavy atom. The highest BCUT2D eigenvalue weighted by Gasteiger charge is 2.47. The van der Waals surface area contributed by atoms with Gasteiger partial charge in [-0.3, -0.25) is 14.4 Å². The Kier molecular flexibility index (Phi) is 9.12. The number of aromatic amines is 1. The largest absolute Gasteiger partial charge is 0.355 e. The summed E-state index contributed by atoms with van der Waals surface area (Å²) in [6.07, 6.45) is 7.69. The predicted octanol–water partition coefficient (Wildman–Crippen LogP) is 2.40. The molecule has 3 aromatic rings. The minimum atomic E-state index is -0.876. The quantitative estimate of drug-likeness (QED) is 0.282. The van der Waals surface area contributed by atoms with Crippen LogP contribution in [0.4, 0.5) is 0 Å². The van der Waals surface area contributed by atoms with Crippen molar-refractivity contribution in [2.24, 2.45) is 5.92 Å². The van der Waals surface area contributed by atoms with E-state index in [0.29, 0.717) is 55.1 Å². The van der Waals surface area contributed by atoms with Crippen molar-refractivity contribution in [3.8, 4) is 6.07 Å². The lowest BCUT2D eigenvalue weighted by Crippen LogP contribution is -2.48. The highest BCUT2D eigenvalue weighted by Crippen LogP contribution is 2.48. The Bertz CT molecular complexity index is 1570. The van der Waals surface area contributed by atoms with Gasteiger partial charge in [0.25, 0.3) is 11.8 Å². The van der Waals surface area contributed by atoms with Crippen molar-refractivity contribution in [3.63, 3.8) is 0 Å². The van der Waals surface area contributed by atoms with Gasteiger partial charge in [0.15, 0.2) is 5.82 Å². The van der Waals surface area contributed by atoms with Gasteiger partial charge in [-0.05, 0) is 108 Å². The number of rotatable bonds is 9. The molecule has 6 rings (SSSR count). The molecule has 1 saturated carbocycles. The van der Waals surface area contributed by atoms with E-state index in [2.05, 4.69) is 42.6 Å². The van der Waals surface area contributed by atoms with Crippen LogP contribution in [0.25, 0.3) is 0 Å². The minimum absolute atomic E-state index is 0.0606. The van der Waals surface area contributed by atoms with Gasteiger partial charge < -0.3 is 20.9 Å². The molecular weight excluding hydrogens is 582 g/mol. The van der Waals surface area contributed by atoms with E-state index in [1.165, 1.54) is 0 Å². The van der Waals surface area contributed by atoms with E-state index in [1.807, 2.05) is 36.4 Å². The Labute approximate surface area is 268 Å². The molecule has 0 bridgehead atoms. The number of aryl methyl sites for hydroxylation is 2. The lowest BCUT2D eigenvalue weighted by atomic mass is 9.66. The lowest BCUT2D eigenvalue weighted by Gasteiger charge is -2.39. The molecule has 2 aromatic carbocycles. The summed E-state index contributed by atoms with van der Waals surface area (Å²) in [4.78, 5) is 40.6. The number of nitrogens with zero attached hydrogens (tertiary/aromatic N) is 5. The van der Waals surface area contributed by atoms with Crippen LogP contribution in [0.3, 0.4) is 0 Å². The molecule has 12 heteroatoms. The van der Waals surface area contributed by atoms with Gasteiger partial charge in [-0.25, -0.2) is 5.10 Å². The molecule has 2 atom stereocenters. The molecule has 12 nitrogen and oxygen atoms in total. The van der Waals surface area contributed by atoms with E-state index in [9.17, 15) is 19.6 Å². The Morgan fingerprint density at radius 3 is 2.15 bits per heavy atom. The molecule has 3 amide bonds. The van der Waals surface area contributed by atoms with Crippen molar-refractivity contribution >= 4 is 17.7 Å². The molecular formula is C34H41N9O3. The van der Waals surface area contributed by atoms with Crippen LogP contribution in [-0.2, 0) is 23.1 Å². The molecule has 46 heavy (non-hydrogen) atoms.